The average Bonchev–Trinajstić information content (AvgIpc) is 3.21. The number of furan rings is 1. The van der Waals surface area contributed by atoms with E-state index in [1.165, 1.54) is 0 Å². The topological polar surface area (TPSA) is 102 Å². The Kier molecular flexibility index (Phi) is 5.93. The van der Waals surface area contributed by atoms with Crippen molar-refractivity contribution in [3.8, 4) is 11.1 Å². The van der Waals surface area contributed by atoms with Gasteiger partial charge in [-0.25, -0.2) is 9.59 Å². The van der Waals surface area contributed by atoms with Crippen LogP contribution in [0, 0.1) is 0 Å². The number of aliphatic carboxylic acids is 1. The molecule has 2 aromatic heterocycles. The standard InChI is InChI=1S/C24H20N2O5/c27-23(28)21(12-16-8-10-25-11-9-16)26-24(29)31-15-19-14-30-22-7-6-18(13-20(19)22)17-4-2-1-3-5-17/h1-11,13-14,21H,12,15H2,(H,26,29)(H,27,28). The largest absolute Gasteiger partial charge is 0.480 e. The number of carboxylic acids is 1. The number of aromatic nitrogens is 1. The maximum atomic E-state index is 12.2. The van der Waals surface area contributed by atoms with Crippen molar-refractivity contribution in [2.24, 2.45) is 0 Å². The number of hydrogen-bond acceptors (Lipinski definition) is 5. The summed E-state index contributed by atoms with van der Waals surface area (Å²) in [5, 5.41) is 12.6. The normalized spacial score (nSPS) is 11.7. The van der Waals surface area contributed by atoms with Crippen molar-refractivity contribution >= 4 is 23.0 Å². The van der Waals surface area contributed by atoms with E-state index in [1.807, 2.05) is 48.5 Å². The molecular formula is C24H20N2O5. The molecule has 2 aromatic carbocycles. The van der Waals surface area contributed by atoms with E-state index in [9.17, 15) is 14.7 Å². The number of carboxylic acid groups (broad SMARTS) is 1. The first-order valence-corrected chi connectivity index (χ1v) is 9.70. The maximum absolute atomic E-state index is 12.2. The molecule has 0 spiro atoms. The number of nitrogens with zero attached hydrogens (tertiary/aromatic N) is 1. The van der Waals surface area contributed by atoms with Gasteiger partial charge in [-0.05, 0) is 41.0 Å². The number of hydrogen-bond donors (Lipinski definition) is 2. The molecule has 1 amide bonds. The summed E-state index contributed by atoms with van der Waals surface area (Å²) in [5.74, 6) is -1.14. The number of rotatable bonds is 7. The minimum Gasteiger partial charge on any atom is -0.480 e. The molecule has 0 aliphatic heterocycles. The third-order valence-corrected chi connectivity index (χ3v) is 4.90. The monoisotopic (exact) mass is 416 g/mol. The zero-order valence-electron chi connectivity index (χ0n) is 16.5. The molecule has 1 atom stereocenters. The molecule has 0 aliphatic carbocycles. The van der Waals surface area contributed by atoms with E-state index in [4.69, 9.17) is 9.15 Å². The van der Waals surface area contributed by atoms with E-state index in [0.29, 0.717) is 11.1 Å². The Morgan fingerprint density at radius 2 is 1.81 bits per heavy atom. The molecule has 156 valence electrons. The Balaban J connectivity index is 1.43. The van der Waals surface area contributed by atoms with Crippen LogP contribution in [0.15, 0.2) is 83.7 Å². The second kappa shape index (κ2) is 9.13. The highest BCUT2D eigenvalue weighted by Gasteiger charge is 2.21. The van der Waals surface area contributed by atoms with Crippen LogP contribution in [0.4, 0.5) is 4.79 Å². The number of ether oxygens (including phenoxy) is 1. The number of benzene rings is 2. The van der Waals surface area contributed by atoms with Crippen LogP contribution in [0.5, 0.6) is 0 Å². The minimum atomic E-state index is -1.14. The van der Waals surface area contributed by atoms with E-state index < -0.39 is 18.1 Å². The second-order valence-corrected chi connectivity index (χ2v) is 7.01. The lowest BCUT2D eigenvalue weighted by Gasteiger charge is -2.14. The van der Waals surface area contributed by atoms with Crippen molar-refractivity contribution in [3.05, 3.63) is 90.4 Å². The summed E-state index contributed by atoms with van der Waals surface area (Å²) < 4.78 is 10.8. The second-order valence-electron chi connectivity index (χ2n) is 7.01. The predicted molar refractivity (Wildman–Crippen MR) is 114 cm³/mol. The van der Waals surface area contributed by atoms with Crippen LogP contribution >= 0.6 is 0 Å². The molecule has 2 N–H and O–H groups in total. The summed E-state index contributed by atoms with van der Waals surface area (Å²) in [4.78, 5) is 27.6. The molecule has 4 rings (SSSR count). The number of pyridine rings is 1. The minimum absolute atomic E-state index is 0.0430. The SMILES string of the molecule is O=C(NC(Cc1ccncc1)C(=O)O)OCc1coc2ccc(-c3ccccc3)cc12. The van der Waals surface area contributed by atoms with Crippen molar-refractivity contribution < 1.29 is 23.8 Å². The van der Waals surface area contributed by atoms with Gasteiger partial charge in [-0.15, -0.1) is 0 Å². The van der Waals surface area contributed by atoms with Gasteiger partial charge in [0, 0.05) is 29.8 Å². The van der Waals surface area contributed by atoms with Crippen LogP contribution in [-0.4, -0.2) is 28.2 Å². The molecule has 0 aliphatic rings. The Morgan fingerprint density at radius 3 is 2.55 bits per heavy atom. The third kappa shape index (κ3) is 4.90. The lowest BCUT2D eigenvalue weighted by Crippen LogP contribution is -2.42. The summed E-state index contributed by atoms with van der Waals surface area (Å²) in [6.07, 6.45) is 4.00. The Labute approximate surface area is 178 Å². The van der Waals surface area contributed by atoms with Gasteiger partial charge < -0.3 is 19.6 Å². The van der Waals surface area contributed by atoms with Gasteiger partial charge in [-0.1, -0.05) is 36.4 Å². The smallest absolute Gasteiger partial charge is 0.408 e. The quantitative estimate of drug-likeness (QED) is 0.463. The van der Waals surface area contributed by atoms with Crippen LogP contribution in [0.1, 0.15) is 11.1 Å². The highest BCUT2D eigenvalue weighted by atomic mass is 16.5. The highest BCUT2D eigenvalue weighted by Crippen LogP contribution is 2.28. The lowest BCUT2D eigenvalue weighted by atomic mass is 10.0. The molecule has 4 aromatic rings. The van der Waals surface area contributed by atoms with Crippen LogP contribution in [0.25, 0.3) is 22.1 Å². The summed E-state index contributed by atoms with van der Waals surface area (Å²) in [6, 6.07) is 18.0. The van der Waals surface area contributed by atoms with Crippen LogP contribution in [0.2, 0.25) is 0 Å². The first-order chi connectivity index (χ1) is 15.1. The van der Waals surface area contributed by atoms with Crippen LogP contribution < -0.4 is 5.32 Å². The first-order valence-electron chi connectivity index (χ1n) is 9.70. The molecular weight excluding hydrogens is 396 g/mol. The first kappa shape index (κ1) is 20.2. The van der Waals surface area contributed by atoms with Gasteiger partial charge in [-0.2, -0.15) is 0 Å². The lowest BCUT2D eigenvalue weighted by molar-refractivity contribution is -0.139. The van der Waals surface area contributed by atoms with Gasteiger partial charge in [0.15, 0.2) is 0 Å². The van der Waals surface area contributed by atoms with Gasteiger partial charge >= 0.3 is 12.1 Å². The number of carbonyl (C=O) groups is 2. The van der Waals surface area contributed by atoms with Crippen molar-refractivity contribution in [2.75, 3.05) is 0 Å². The molecule has 7 nitrogen and oxygen atoms in total. The fourth-order valence-corrected chi connectivity index (χ4v) is 3.29. The molecule has 31 heavy (non-hydrogen) atoms. The predicted octanol–water partition coefficient (Wildman–Crippen LogP) is 4.42. The summed E-state index contributed by atoms with van der Waals surface area (Å²) in [5.41, 5.74) is 4.21. The van der Waals surface area contributed by atoms with E-state index in [2.05, 4.69) is 10.3 Å². The van der Waals surface area contributed by atoms with E-state index in [-0.39, 0.29) is 13.0 Å². The van der Waals surface area contributed by atoms with Gasteiger partial charge in [-0.3, -0.25) is 4.98 Å². The van der Waals surface area contributed by atoms with Gasteiger partial charge in [0.05, 0.1) is 6.26 Å². The van der Waals surface area contributed by atoms with Gasteiger partial charge in [0.2, 0.25) is 0 Å². The van der Waals surface area contributed by atoms with Crippen molar-refractivity contribution in [3.63, 3.8) is 0 Å². The fraction of sp³-hybridized carbons (Fsp3) is 0.125. The zero-order chi connectivity index (χ0) is 21.6. The van der Waals surface area contributed by atoms with Crippen LogP contribution in [0.3, 0.4) is 0 Å². The highest BCUT2D eigenvalue weighted by molar-refractivity contribution is 5.86. The van der Waals surface area contributed by atoms with E-state index in [0.717, 1.165) is 22.1 Å². The van der Waals surface area contributed by atoms with Crippen LogP contribution in [-0.2, 0) is 22.6 Å². The Morgan fingerprint density at radius 1 is 1.03 bits per heavy atom. The number of fused-ring (bicyclic) bond motifs is 1. The number of alkyl carbamates (subject to hydrolysis) is 1. The zero-order valence-corrected chi connectivity index (χ0v) is 16.5. The molecule has 7 heteroatoms. The van der Waals surface area contributed by atoms with E-state index >= 15 is 0 Å². The molecule has 2 heterocycles. The van der Waals surface area contributed by atoms with Crippen molar-refractivity contribution in [1.82, 2.24) is 10.3 Å². The number of amides is 1. The number of nitrogens with one attached hydrogen (secondary N) is 1. The van der Waals surface area contributed by atoms with Crippen molar-refractivity contribution in [2.45, 2.75) is 19.1 Å². The summed E-state index contributed by atoms with van der Waals surface area (Å²) in [7, 11) is 0. The van der Waals surface area contributed by atoms with Crippen molar-refractivity contribution in [1.29, 1.82) is 0 Å². The van der Waals surface area contributed by atoms with Gasteiger partial charge in [0.1, 0.15) is 18.2 Å². The Bertz CT molecular complexity index is 1190. The molecule has 0 saturated carbocycles. The summed E-state index contributed by atoms with van der Waals surface area (Å²) in [6.45, 7) is -0.0430. The van der Waals surface area contributed by atoms with E-state index in [1.54, 1.807) is 30.8 Å². The molecule has 1 unspecified atom stereocenters. The molecule has 0 saturated heterocycles. The average molecular weight is 416 g/mol. The maximum Gasteiger partial charge on any atom is 0.408 e. The Hall–Kier alpha value is -4.13. The molecule has 0 fully saturated rings. The molecule has 0 bridgehead atoms. The molecule has 0 radical (unpaired) electrons. The van der Waals surface area contributed by atoms with Gasteiger partial charge in [0.25, 0.3) is 0 Å². The fourth-order valence-electron chi connectivity index (χ4n) is 3.29. The number of carbonyl (C=O) groups excluding carboxylic acids is 1. The third-order valence-electron chi connectivity index (χ3n) is 4.90. The summed E-state index contributed by atoms with van der Waals surface area (Å²) >= 11 is 0.